The number of anilines is 1. The van der Waals surface area contributed by atoms with Gasteiger partial charge in [-0.2, -0.15) is 0 Å². The summed E-state index contributed by atoms with van der Waals surface area (Å²) in [6, 6.07) is 4.63. The van der Waals surface area contributed by atoms with Gasteiger partial charge in [0.05, 0.1) is 24.7 Å². The van der Waals surface area contributed by atoms with Gasteiger partial charge in [0.15, 0.2) is 0 Å². The van der Waals surface area contributed by atoms with E-state index in [-0.39, 0.29) is 17.6 Å². The minimum atomic E-state index is -0.411. The van der Waals surface area contributed by atoms with Crippen LogP contribution >= 0.6 is 0 Å². The molecule has 0 aliphatic heterocycles. The van der Waals surface area contributed by atoms with Crippen molar-refractivity contribution in [2.45, 2.75) is 19.9 Å². The Kier molecular flexibility index (Phi) is 5.57. The summed E-state index contributed by atoms with van der Waals surface area (Å²) in [6.07, 6.45) is 0. The molecule has 0 saturated heterocycles. The van der Waals surface area contributed by atoms with Gasteiger partial charge in [0, 0.05) is 19.2 Å². The molecule has 0 aromatic heterocycles. The molecule has 0 saturated carbocycles. The van der Waals surface area contributed by atoms with Crippen LogP contribution < -0.4 is 10.1 Å². The van der Waals surface area contributed by atoms with Crippen LogP contribution in [0.5, 0.6) is 5.75 Å². The first-order valence-corrected chi connectivity index (χ1v) is 6.07. The summed E-state index contributed by atoms with van der Waals surface area (Å²) in [7, 11) is 3.14. The Morgan fingerprint density at radius 2 is 2.05 bits per heavy atom. The summed E-state index contributed by atoms with van der Waals surface area (Å²) in [6.45, 7) is 4.54. The van der Waals surface area contributed by atoms with Gasteiger partial charge in [-0.25, -0.2) is 0 Å². The van der Waals surface area contributed by atoms with Crippen molar-refractivity contribution in [1.29, 1.82) is 0 Å². The van der Waals surface area contributed by atoms with E-state index in [0.29, 0.717) is 18.0 Å². The number of nitro benzene ring substituents is 1. The molecule has 1 unspecified atom stereocenters. The molecule has 6 heteroatoms. The summed E-state index contributed by atoms with van der Waals surface area (Å²) in [5.41, 5.74) is 0.475. The Balaban J connectivity index is 3.04. The van der Waals surface area contributed by atoms with Gasteiger partial charge in [-0.15, -0.1) is 0 Å². The standard InChI is InChI=1S/C13H20N2O4/c1-9(2)12(8-18-3)14-11-7-10(19-4)5-6-13(11)15(16)17/h5-7,9,12,14H,8H2,1-4H3. The molecule has 106 valence electrons. The van der Waals surface area contributed by atoms with E-state index in [1.54, 1.807) is 19.2 Å². The average molecular weight is 268 g/mol. The second kappa shape index (κ2) is 6.94. The van der Waals surface area contributed by atoms with Crippen LogP contribution in [0.25, 0.3) is 0 Å². The first kappa shape index (κ1) is 15.2. The molecule has 6 nitrogen and oxygen atoms in total. The largest absolute Gasteiger partial charge is 0.497 e. The molecule has 0 heterocycles. The van der Waals surface area contributed by atoms with E-state index >= 15 is 0 Å². The third kappa shape index (κ3) is 4.10. The van der Waals surface area contributed by atoms with Crippen molar-refractivity contribution in [1.82, 2.24) is 0 Å². The Hall–Kier alpha value is -1.82. The summed E-state index contributed by atoms with van der Waals surface area (Å²) >= 11 is 0. The fourth-order valence-corrected chi connectivity index (χ4v) is 1.70. The molecule has 1 atom stereocenters. The third-order valence-electron chi connectivity index (χ3n) is 2.89. The van der Waals surface area contributed by atoms with Crippen LogP contribution in [0.2, 0.25) is 0 Å². The molecule has 0 aliphatic carbocycles. The molecular formula is C13H20N2O4. The summed E-state index contributed by atoms with van der Waals surface area (Å²) in [5.74, 6) is 0.860. The molecular weight excluding hydrogens is 248 g/mol. The van der Waals surface area contributed by atoms with Crippen LogP contribution in [0.3, 0.4) is 0 Å². The van der Waals surface area contributed by atoms with Crippen molar-refractivity contribution < 1.29 is 14.4 Å². The van der Waals surface area contributed by atoms with E-state index in [4.69, 9.17) is 9.47 Å². The van der Waals surface area contributed by atoms with Crippen molar-refractivity contribution in [3.05, 3.63) is 28.3 Å². The topological polar surface area (TPSA) is 73.6 Å². The van der Waals surface area contributed by atoms with E-state index in [9.17, 15) is 10.1 Å². The number of nitrogens with zero attached hydrogens (tertiary/aromatic N) is 1. The molecule has 1 aromatic rings. The Bertz CT molecular complexity index is 435. The fourth-order valence-electron chi connectivity index (χ4n) is 1.70. The molecule has 1 rings (SSSR count). The second-order valence-corrected chi connectivity index (χ2v) is 4.59. The second-order valence-electron chi connectivity index (χ2n) is 4.59. The lowest BCUT2D eigenvalue weighted by Crippen LogP contribution is -2.30. The van der Waals surface area contributed by atoms with Crippen LogP contribution in [0.4, 0.5) is 11.4 Å². The summed E-state index contributed by atoms with van der Waals surface area (Å²) in [4.78, 5) is 10.6. The molecule has 1 N–H and O–H groups in total. The maximum absolute atomic E-state index is 11.0. The maximum Gasteiger partial charge on any atom is 0.292 e. The number of methoxy groups -OCH3 is 2. The molecule has 1 aromatic carbocycles. The summed E-state index contributed by atoms with van der Waals surface area (Å²) in [5, 5.41) is 14.2. The number of hydrogen-bond acceptors (Lipinski definition) is 5. The minimum absolute atomic E-state index is 0.00388. The summed E-state index contributed by atoms with van der Waals surface area (Å²) < 4.78 is 10.2. The number of hydrogen-bond donors (Lipinski definition) is 1. The van der Waals surface area contributed by atoms with Gasteiger partial charge in [-0.1, -0.05) is 13.8 Å². The number of rotatable bonds is 7. The van der Waals surface area contributed by atoms with Crippen molar-refractivity contribution >= 4 is 11.4 Å². The zero-order valence-electron chi connectivity index (χ0n) is 11.7. The fraction of sp³-hybridized carbons (Fsp3) is 0.538. The van der Waals surface area contributed by atoms with Gasteiger partial charge in [-0.3, -0.25) is 10.1 Å². The van der Waals surface area contributed by atoms with Gasteiger partial charge in [0.25, 0.3) is 5.69 Å². The van der Waals surface area contributed by atoms with Crippen LogP contribution in [-0.4, -0.2) is 31.8 Å². The van der Waals surface area contributed by atoms with Crippen LogP contribution in [-0.2, 0) is 4.74 Å². The van der Waals surface area contributed by atoms with Gasteiger partial charge in [0.1, 0.15) is 11.4 Å². The van der Waals surface area contributed by atoms with E-state index < -0.39 is 4.92 Å². The lowest BCUT2D eigenvalue weighted by Gasteiger charge is -2.22. The van der Waals surface area contributed by atoms with Crippen LogP contribution in [0.15, 0.2) is 18.2 Å². The highest BCUT2D eigenvalue weighted by molar-refractivity contribution is 5.64. The van der Waals surface area contributed by atoms with E-state index in [1.165, 1.54) is 13.2 Å². The number of nitrogens with one attached hydrogen (secondary N) is 1. The smallest absolute Gasteiger partial charge is 0.292 e. The van der Waals surface area contributed by atoms with Gasteiger partial charge < -0.3 is 14.8 Å². The Morgan fingerprint density at radius 1 is 1.37 bits per heavy atom. The quantitative estimate of drug-likeness (QED) is 0.608. The molecule has 19 heavy (non-hydrogen) atoms. The maximum atomic E-state index is 11.0. The number of ether oxygens (including phenoxy) is 2. The van der Waals surface area contributed by atoms with Gasteiger partial charge >= 0.3 is 0 Å². The van der Waals surface area contributed by atoms with E-state index in [0.717, 1.165) is 0 Å². The molecule has 0 radical (unpaired) electrons. The third-order valence-corrected chi connectivity index (χ3v) is 2.89. The predicted octanol–water partition coefficient (Wildman–Crippen LogP) is 2.69. The highest BCUT2D eigenvalue weighted by Crippen LogP contribution is 2.30. The number of benzene rings is 1. The van der Waals surface area contributed by atoms with Crippen LogP contribution in [0, 0.1) is 16.0 Å². The first-order valence-electron chi connectivity index (χ1n) is 6.07. The molecule has 0 amide bonds. The van der Waals surface area contributed by atoms with Crippen LogP contribution in [0.1, 0.15) is 13.8 Å². The minimum Gasteiger partial charge on any atom is -0.497 e. The first-order chi connectivity index (χ1) is 8.99. The normalized spacial score (nSPS) is 12.3. The Labute approximate surface area is 112 Å². The lowest BCUT2D eigenvalue weighted by molar-refractivity contribution is -0.384. The highest BCUT2D eigenvalue weighted by atomic mass is 16.6. The molecule has 0 bridgehead atoms. The number of nitro groups is 1. The van der Waals surface area contributed by atoms with E-state index in [2.05, 4.69) is 5.32 Å². The van der Waals surface area contributed by atoms with Gasteiger partial charge in [-0.05, 0) is 12.0 Å². The average Bonchev–Trinajstić information content (AvgIpc) is 2.37. The van der Waals surface area contributed by atoms with Crippen molar-refractivity contribution in [3.8, 4) is 5.75 Å². The molecule has 0 aliphatic rings. The molecule has 0 spiro atoms. The SMILES string of the molecule is COCC(Nc1cc(OC)ccc1[N+](=O)[O-])C(C)C. The highest BCUT2D eigenvalue weighted by Gasteiger charge is 2.20. The monoisotopic (exact) mass is 268 g/mol. The Morgan fingerprint density at radius 3 is 2.53 bits per heavy atom. The zero-order valence-corrected chi connectivity index (χ0v) is 11.7. The van der Waals surface area contributed by atoms with Gasteiger partial charge in [0.2, 0.25) is 0 Å². The van der Waals surface area contributed by atoms with E-state index in [1.807, 2.05) is 13.8 Å². The predicted molar refractivity (Wildman–Crippen MR) is 73.8 cm³/mol. The molecule has 0 fully saturated rings. The zero-order chi connectivity index (χ0) is 14.4. The lowest BCUT2D eigenvalue weighted by atomic mass is 10.0. The van der Waals surface area contributed by atoms with Crippen molar-refractivity contribution in [2.75, 3.05) is 26.1 Å². The van der Waals surface area contributed by atoms with Crippen molar-refractivity contribution in [2.24, 2.45) is 5.92 Å². The van der Waals surface area contributed by atoms with Crippen molar-refractivity contribution in [3.63, 3.8) is 0 Å².